The minimum atomic E-state index is -1.42. The zero-order valence-electron chi connectivity index (χ0n) is 15.7. The fourth-order valence-corrected chi connectivity index (χ4v) is 2.57. The van der Waals surface area contributed by atoms with Crippen molar-refractivity contribution in [1.82, 2.24) is 5.32 Å². The van der Waals surface area contributed by atoms with Gasteiger partial charge in [0, 0.05) is 34.6 Å². The summed E-state index contributed by atoms with van der Waals surface area (Å²) in [7, 11) is 0. The molecule has 1 heterocycles. The Morgan fingerprint density at radius 1 is 0.778 bits per heavy atom. The van der Waals surface area contributed by atoms with Crippen LogP contribution in [-0.4, -0.2) is 67.0 Å². The van der Waals surface area contributed by atoms with E-state index in [0.29, 0.717) is 0 Å². The third-order valence-electron chi connectivity index (χ3n) is 3.36. The van der Waals surface area contributed by atoms with Crippen molar-refractivity contribution in [1.29, 1.82) is 0 Å². The van der Waals surface area contributed by atoms with E-state index in [4.69, 9.17) is 23.7 Å². The number of hydrogen-bond acceptors (Lipinski definition) is 10. The largest absolute Gasteiger partial charge is 0.463 e. The number of carbonyl (C=O) groups excluding carboxylic acids is 5. The number of esters is 4. The van der Waals surface area contributed by atoms with E-state index in [1.807, 2.05) is 0 Å². The topological polar surface area (TPSA) is 144 Å². The first-order chi connectivity index (χ1) is 12.5. The van der Waals surface area contributed by atoms with Crippen LogP contribution in [0.5, 0.6) is 0 Å². The average molecular weight is 389 g/mol. The van der Waals surface area contributed by atoms with E-state index in [9.17, 15) is 24.0 Å². The second kappa shape index (κ2) is 9.86. The summed E-state index contributed by atoms with van der Waals surface area (Å²) in [5.41, 5.74) is 0. The second-order valence-corrected chi connectivity index (χ2v) is 5.83. The summed E-state index contributed by atoms with van der Waals surface area (Å²) in [5.74, 6) is -3.34. The van der Waals surface area contributed by atoms with Crippen LogP contribution in [0, 0.1) is 0 Å². The summed E-state index contributed by atoms with van der Waals surface area (Å²) in [6.45, 7) is 5.37. The number of rotatable bonds is 6. The lowest BCUT2D eigenvalue weighted by Crippen LogP contribution is -2.67. The lowest BCUT2D eigenvalue weighted by Gasteiger charge is -2.44. The molecule has 0 spiro atoms. The van der Waals surface area contributed by atoms with Crippen molar-refractivity contribution in [3.63, 3.8) is 0 Å². The molecule has 11 nitrogen and oxygen atoms in total. The Morgan fingerprint density at radius 2 is 1.30 bits per heavy atom. The first-order valence-electron chi connectivity index (χ1n) is 8.08. The summed E-state index contributed by atoms with van der Waals surface area (Å²) in [5, 5.41) is 2.51. The highest BCUT2D eigenvalue weighted by atomic mass is 16.7. The number of ether oxygens (including phenoxy) is 5. The molecule has 152 valence electrons. The highest BCUT2D eigenvalue weighted by Crippen LogP contribution is 2.27. The van der Waals surface area contributed by atoms with Gasteiger partial charge in [0.1, 0.15) is 18.8 Å². The zero-order valence-corrected chi connectivity index (χ0v) is 15.7. The number of amides is 1. The first-order valence-corrected chi connectivity index (χ1v) is 8.08. The zero-order chi connectivity index (χ0) is 20.7. The van der Waals surface area contributed by atoms with Crippen LogP contribution >= 0.6 is 0 Å². The predicted molar refractivity (Wildman–Crippen MR) is 85.8 cm³/mol. The molecule has 0 aliphatic carbocycles. The maximum absolute atomic E-state index is 11.7. The van der Waals surface area contributed by atoms with Gasteiger partial charge in [0.15, 0.2) is 12.2 Å². The van der Waals surface area contributed by atoms with Crippen molar-refractivity contribution in [3.05, 3.63) is 0 Å². The average Bonchev–Trinajstić information content (AvgIpc) is 2.49. The Labute approximate surface area is 155 Å². The van der Waals surface area contributed by atoms with Gasteiger partial charge >= 0.3 is 23.9 Å². The van der Waals surface area contributed by atoms with Gasteiger partial charge in [-0.3, -0.25) is 24.0 Å². The molecular formula is C16H23NO10. The van der Waals surface area contributed by atoms with E-state index in [2.05, 4.69) is 5.32 Å². The Hall–Kier alpha value is -2.69. The van der Waals surface area contributed by atoms with Crippen LogP contribution in [0.4, 0.5) is 0 Å². The smallest absolute Gasteiger partial charge is 0.305 e. The predicted octanol–water partition coefficient (Wildman–Crippen LogP) is -0.794. The number of carbonyl (C=O) groups is 5. The maximum Gasteiger partial charge on any atom is 0.305 e. The third-order valence-corrected chi connectivity index (χ3v) is 3.36. The minimum absolute atomic E-state index is 0.353. The monoisotopic (exact) mass is 389 g/mol. The molecule has 1 fully saturated rings. The van der Waals surface area contributed by atoms with Gasteiger partial charge in [0.25, 0.3) is 0 Å². The van der Waals surface area contributed by atoms with Crippen LogP contribution in [0.1, 0.15) is 34.6 Å². The van der Waals surface area contributed by atoms with Crippen LogP contribution in [0.2, 0.25) is 0 Å². The second-order valence-electron chi connectivity index (χ2n) is 5.83. The van der Waals surface area contributed by atoms with Gasteiger partial charge in [-0.2, -0.15) is 0 Å². The number of hydrogen-bond donors (Lipinski definition) is 1. The quantitative estimate of drug-likeness (QED) is 0.453. The van der Waals surface area contributed by atoms with E-state index >= 15 is 0 Å². The van der Waals surface area contributed by atoms with Gasteiger partial charge in [-0.05, 0) is 0 Å². The highest BCUT2D eigenvalue weighted by molar-refractivity contribution is 5.74. The van der Waals surface area contributed by atoms with Crippen molar-refractivity contribution in [2.45, 2.75) is 65.3 Å². The van der Waals surface area contributed by atoms with Crippen LogP contribution in [0.15, 0.2) is 0 Å². The SMILES string of the molecule is CC(=O)N[C@H]1[C@H](OC(C)=O)[C@@H](COC(C)=O)OC(OC(C)=O)[C@@H]1OC(C)=O. The molecule has 1 amide bonds. The molecule has 0 radical (unpaired) electrons. The van der Waals surface area contributed by atoms with Gasteiger partial charge in [-0.1, -0.05) is 0 Å². The van der Waals surface area contributed by atoms with Crippen LogP contribution in [0.3, 0.4) is 0 Å². The molecule has 0 saturated carbocycles. The lowest BCUT2D eigenvalue weighted by molar-refractivity contribution is -0.277. The standard InChI is InChI=1S/C16H23NO10/c1-7(18)17-13-14(24-9(3)20)12(6-23-8(2)19)27-16(26-11(5)22)15(13)25-10(4)21/h12-16H,6H2,1-5H3,(H,17,18)/t12-,13+,14-,15-,16?/m1/s1. The van der Waals surface area contributed by atoms with Crippen LogP contribution in [0.25, 0.3) is 0 Å². The van der Waals surface area contributed by atoms with Crippen LogP contribution in [-0.2, 0) is 47.7 Å². The fourth-order valence-electron chi connectivity index (χ4n) is 2.57. The normalized spacial score (nSPS) is 27.1. The molecule has 1 rings (SSSR count). The molecule has 1 aliphatic heterocycles. The van der Waals surface area contributed by atoms with Gasteiger partial charge in [0.2, 0.25) is 12.2 Å². The molecule has 0 aromatic heterocycles. The van der Waals surface area contributed by atoms with Crippen LogP contribution < -0.4 is 5.32 Å². The van der Waals surface area contributed by atoms with Gasteiger partial charge in [-0.15, -0.1) is 0 Å². The van der Waals surface area contributed by atoms with Gasteiger partial charge in [0.05, 0.1) is 0 Å². The molecule has 0 aromatic rings. The molecule has 1 saturated heterocycles. The fraction of sp³-hybridized carbons (Fsp3) is 0.688. The van der Waals surface area contributed by atoms with Crippen molar-refractivity contribution >= 4 is 29.8 Å². The molecule has 0 bridgehead atoms. The Bertz CT molecular complexity index is 604. The summed E-state index contributed by atoms with van der Waals surface area (Å²) in [6.07, 6.45) is -4.99. The van der Waals surface area contributed by atoms with E-state index in [-0.39, 0.29) is 6.61 Å². The summed E-state index contributed by atoms with van der Waals surface area (Å²) < 4.78 is 25.9. The third kappa shape index (κ3) is 7.21. The van der Waals surface area contributed by atoms with Crippen molar-refractivity contribution in [2.75, 3.05) is 6.61 Å². The molecule has 1 aliphatic rings. The molecule has 1 N–H and O–H groups in total. The molecule has 0 aromatic carbocycles. The summed E-state index contributed by atoms with van der Waals surface area (Å²) >= 11 is 0. The van der Waals surface area contributed by atoms with E-state index in [1.54, 1.807) is 0 Å². The van der Waals surface area contributed by atoms with E-state index in [0.717, 1.165) is 20.8 Å². The lowest BCUT2D eigenvalue weighted by atomic mass is 9.95. The molecule has 27 heavy (non-hydrogen) atoms. The Kier molecular flexibility index (Phi) is 8.16. The van der Waals surface area contributed by atoms with Gasteiger partial charge < -0.3 is 29.0 Å². The van der Waals surface area contributed by atoms with E-state index < -0.39 is 60.4 Å². The molecule has 11 heteroatoms. The molecular weight excluding hydrogens is 366 g/mol. The van der Waals surface area contributed by atoms with Crippen molar-refractivity contribution < 1.29 is 47.7 Å². The summed E-state index contributed by atoms with van der Waals surface area (Å²) in [4.78, 5) is 57.2. The Morgan fingerprint density at radius 3 is 1.74 bits per heavy atom. The van der Waals surface area contributed by atoms with Crippen molar-refractivity contribution in [3.8, 4) is 0 Å². The van der Waals surface area contributed by atoms with Crippen molar-refractivity contribution in [2.24, 2.45) is 0 Å². The number of nitrogens with one attached hydrogen (secondary N) is 1. The maximum atomic E-state index is 11.7. The first kappa shape index (κ1) is 22.4. The highest BCUT2D eigenvalue weighted by Gasteiger charge is 2.52. The summed E-state index contributed by atoms with van der Waals surface area (Å²) in [6, 6.07) is -1.12. The Balaban J connectivity index is 3.29. The minimum Gasteiger partial charge on any atom is -0.463 e. The van der Waals surface area contributed by atoms with Gasteiger partial charge in [-0.25, -0.2) is 0 Å². The molecule has 5 atom stereocenters. The molecule has 1 unspecified atom stereocenters. The van der Waals surface area contributed by atoms with E-state index in [1.165, 1.54) is 13.8 Å².